The van der Waals surface area contributed by atoms with Crippen molar-refractivity contribution in [3.8, 4) is 0 Å². The van der Waals surface area contributed by atoms with Gasteiger partial charge in [0.05, 0.1) is 7.11 Å². The molecule has 0 aromatic carbocycles. The molecule has 6 heteroatoms. The summed E-state index contributed by atoms with van der Waals surface area (Å²) in [5, 5.41) is 0. The Labute approximate surface area is 72.9 Å². The fourth-order valence-electron chi connectivity index (χ4n) is 0.566. The topological polar surface area (TPSA) is 72.6 Å². The molecule has 0 fully saturated rings. The van der Waals surface area contributed by atoms with Crippen LogP contribution in [0.2, 0.25) is 0 Å². The van der Waals surface area contributed by atoms with Gasteiger partial charge in [0.1, 0.15) is 5.75 Å². The van der Waals surface area contributed by atoms with Crippen LogP contribution in [0.3, 0.4) is 0 Å². The zero-order valence-electron chi connectivity index (χ0n) is 7.44. The second kappa shape index (κ2) is 4.32. The molecule has 0 aromatic heterocycles. The highest BCUT2D eigenvalue weighted by atomic mass is 32.2. The van der Waals surface area contributed by atoms with Gasteiger partial charge in [-0.25, -0.2) is 0 Å². The lowest BCUT2D eigenvalue weighted by Gasteiger charge is -2.15. The lowest BCUT2D eigenvalue weighted by Crippen LogP contribution is -2.21. The maximum absolute atomic E-state index is 10.9. The van der Waals surface area contributed by atoms with Crippen LogP contribution in [0.15, 0.2) is 11.9 Å². The van der Waals surface area contributed by atoms with E-state index in [4.69, 9.17) is 5.73 Å². The van der Waals surface area contributed by atoms with E-state index >= 15 is 0 Å². The molecule has 0 aliphatic rings. The van der Waals surface area contributed by atoms with Gasteiger partial charge in [0.2, 0.25) is 0 Å². The molecular weight excluding hydrogens is 180 g/mol. The van der Waals surface area contributed by atoms with E-state index in [9.17, 15) is 8.42 Å². The second-order valence-electron chi connectivity index (χ2n) is 2.42. The average molecular weight is 194 g/mol. The van der Waals surface area contributed by atoms with Gasteiger partial charge in [0, 0.05) is 26.0 Å². The Kier molecular flexibility index (Phi) is 4.05. The molecule has 0 unspecified atom stereocenters. The molecule has 5 nitrogen and oxygen atoms in total. The standard InChI is InChI=1S/C6H14N2O3S/c1-8(2)6(4-7)5-12(9,10)11-3/h4H,5,7H2,1-3H3. The Hall–Kier alpha value is -0.750. The lowest BCUT2D eigenvalue weighted by molar-refractivity contribution is 0.394. The highest BCUT2D eigenvalue weighted by molar-refractivity contribution is 7.86. The van der Waals surface area contributed by atoms with Crippen LogP contribution in [0, 0.1) is 0 Å². The zero-order valence-corrected chi connectivity index (χ0v) is 8.26. The molecule has 0 atom stereocenters. The van der Waals surface area contributed by atoms with E-state index in [1.165, 1.54) is 6.20 Å². The summed E-state index contributed by atoms with van der Waals surface area (Å²) in [6.07, 6.45) is 1.25. The molecule has 2 N–H and O–H groups in total. The van der Waals surface area contributed by atoms with E-state index in [0.717, 1.165) is 7.11 Å². The summed E-state index contributed by atoms with van der Waals surface area (Å²) >= 11 is 0. The molecule has 0 spiro atoms. The van der Waals surface area contributed by atoms with Crippen LogP contribution in [-0.4, -0.2) is 40.3 Å². The predicted molar refractivity (Wildman–Crippen MR) is 46.8 cm³/mol. The Morgan fingerprint density at radius 1 is 1.58 bits per heavy atom. The molecule has 0 heterocycles. The van der Waals surface area contributed by atoms with Crippen LogP contribution < -0.4 is 5.73 Å². The molecule has 0 saturated heterocycles. The maximum atomic E-state index is 10.9. The molecule has 72 valence electrons. The normalized spacial score (nSPS) is 13.1. The van der Waals surface area contributed by atoms with Gasteiger partial charge < -0.3 is 10.6 Å². The smallest absolute Gasteiger partial charge is 0.272 e. The summed E-state index contributed by atoms with van der Waals surface area (Å²) in [4.78, 5) is 1.62. The Bertz CT molecular complexity index is 256. The Morgan fingerprint density at radius 2 is 2.08 bits per heavy atom. The van der Waals surface area contributed by atoms with E-state index < -0.39 is 10.1 Å². The van der Waals surface area contributed by atoms with Gasteiger partial charge in [-0.3, -0.25) is 4.18 Å². The maximum Gasteiger partial charge on any atom is 0.272 e. The van der Waals surface area contributed by atoms with Crippen molar-refractivity contribution < 1.29 is 12.6 Å². The fourth-order valence-corrected chi connectivity index (χ4v) is 1.40. The van der Waals surface area contributed by atoms with Gasteiger partial charge in [-0.2, -0.15) is 8.42 Å². The van der Waals surface area contributed by atoms with E-state index in [1.54, 1.807) is 19.0 Å². The van der Waals surface area contributed by atoms with Crippen molar-refractivity contribution in [2.75, 3.05) is 27.0 Å². The second-order valence-corrected chi connectivity index (χ2v) is 4.16. The van der Waals surface area contributed by atoms with Crippen molar-refractivity contribution in [2.45, 2.75) is 0 Å². The summed E-state index contributed by atoms with van der Waals surface area (Å²) in [5.74, 6) is -0.201. The Morgan fingerprint density at radius 3 is 2.33 bits per heavy atom. The van der Waals surface area contributed by atoms with Crippen LogP contribution in [0.1, 0.15) is 0 Å². The van der Waals surface area contributed by atoms with Crippen LogP contribution >= 0.6 is 0 Å². The molecule has 0 amide bonds. The highest BCUT2D eigenvalue weighted by Gasteiger charge is 2.12. The van der Waals surface area contributed by atoms with Gasteiger partial charge in [0.15, 0.2) is 0 Å². The lowest BCUT2D eigenvalue weighted by atomic mass is 10.5. The van der Waals surface area contributed by atoms with Crippen molar-refractivity contribution in [3.63, 3.8) is 0 Å². The third-order valence-corrected chi connectivity index (χ3v) is 2.50. The highest BCUT2D eigenvalue weighted by Crippen LogP contribution is 2.02. The molecule has 0 bridgehead atoms. The quantitative estimate of drug-likeness (QED) is 0.600. The van der Waals surface area contributed by atoms with E-state index in [-0.39, 0.29) is 5.75 Å². The number of rotatable bonds is 4. The molecule has 0 radical (unpaired) electrons. The van der Waals surface area contributed by atoms with Crippen molar-refractivity contribution in [2.24, 2.45) is 5.73 Å². The van der Waals surface area contributed by atoms with E-state index in [2.05, 4.69) is 4.18 Å². The predicted octanol–water partition coefficient (Wildman–Crippen LogP) is -0.676. The first-order valence-electron chi connectivity index (χ1n) is 3.29. The largest absolute Gasteiger partial charge is 0.403 e. The number of nitrogens with two attached hydrogens (primary N) is 1. The summed E-state index contributed by atoms with van der Waals surface area (Å²) < 4.78 is 26.1. The third kappa shape index (κ3) is 3.59. The summed E-state index contributed by atoms with van der Waals surface area (Å²) in [6, 6.07) is 0. The molecule has 12 heavy (non-hydrogen) atoms. The average Bonchev–Trinajstić information content (AvgIpc) is 2.00. The number of hydrogen-bond acceptors (Lipinski definition) is 5. The Balaban J connectivity index is 4.45. The van der Waals surface area contributed by atoms with Crippen molar-refractivity contribution in [3.05, 3.63) is 11.9 Å². The molecule has 0 saturated carbocycles. The summed E-state index contributed by atoms with van der Waals surface area (Å²) in [5.41, 5.74) is 5.71. The van der Waals surface area contributed by atoms with Crippen LogP contribution in [0.5, 0.6) is 0 Å². The van der Waals surface area contributed by atoms with Crippen LogP contribution in [0.25, 0.3) is 0 Å². The number of hydrogen-bond donors (Lipinski definition) is 1. The SMILES string of the molecule is COS(=O)(=O)CC(=CN)N(C)C. The number of nitrogens with zero attached hydrogens (tertiary/aromatic N) is 1. The van der Waals surface area contributed by atoms with Crippen molar-refractivity contribution >= 4 is 10.1 Å². The van der Waals surface area contributed by atoms with Gasteiger partial charge in [-0.05, 0) is 0 Å². The third-order valence-electron chi connectivity index (χ3n) is 1.35. The van der Waals surface area contributed by atoms with Crippen LogP contribution in [-0.2, 0) is 14.3 Å². The molecule has 0 rings (SSSR count). The summed E-state index contributed by atoms with van der Waals surface area (Å²) in [6.45, 7) is 0. The monoisotopic (exact) mass is 194 g/mol. The van der Waals surface area contributed by atoms with Gasteiger partial charge in [0.25, 0.3) is 10.1 Å². The minimum atomic E-state index is -3.47. The van der Waals surface area contributed by atoms with Crippen molar-refractivity contribution in [1.82, 2.24) is 4.90 Å². The van der Waals surface area contributed by atoms with E-state index in [1.807, 2.05) is 0 Å². The molecule has 0 aromatic rings. The first-order valence-corrected chi connectivity index (χ1v) is 4.87. The van der Waals surface area contributed by atoms with Gasteiger partial charge >= 0.3 is 0 Å². The molecular formula is C6H14N2O3S. The molecule has 0 aliphatic carbocycles. The fraction of sp³-hybridized carbons (Fsp3) is 0.667. The first kappa shape index (κ1) is 11.2. The molecule has 0 aliphatic heterocycles. The van der Waals surface area contributed by atoms with Gasteiger partial charge in [-0.1, -0.05) is 0 Å². The minimum absolute atomic E-state index is 0.201. The van der Waals surface area contributed by atoms with Crippen LogP contribution in [0.4, 0.5) is 0 Å². The zero-order chi connectivity index (χ0) is 9.78. The minimum Gasteiger partial charge on any atom is -0.403 e. The van der Waals surface area contributed by atoms with E-state index in [0.29, 0.717) is 5.70 Å². The van der Waals surface area contributed by atoms with Crippen molar-refractivity contribution in [1.29, 1.82) is 0 Å². The van der Waals surface area contributed by atoms with Gasteiger partial charge in [-0.15, -0.1) is 0 Å². The first-order chi connectivity index (χ1) is 5.43. The summed E-state index contributed by atoms with van der Waals surface area (Å²) in [7, 11) is 1.08.